The number of esters is 1. The second kappa shape index (κ2) is 3.14. The van der Waals surface area contributed by atoms with E-state index >= 15 is 0 Å². The first kappa shape index (κ1) is 8.19. The molecule has 0 radical (unpaired) electrons. The molecular formula is C9H7NO2S. The van der Waals surface area contributed by atoms with Crippen LogP contribution < -0.4 is 0 Å². The molecule has 0 bridgehead atoms. The van der Waals surface area contributed by atoms with E-state index in [-0.39, 0.29) is 5.97 Å². The normalized spacial score (nSPS) is 10.2. The minimum atomic E-state index is -0.312. The number of nitrogens with zero attached hydrogens (tertiary/aromatic N) is 1. The second-order valence-corrected chi connectivity index (χ2v) is 3.21. The summed E-state index contributed by atoms with van der Waals surface area (Å²) in [5.74, 6) is -0.312. The number of aromatic nitrogens is 1. The Morgan fingerprint density at radius 1 is 1.54 bits per heavy atom. The van der Waals surface area contributed by atoms with Crippen LogP contribution in [0.25, 0.3) is 10.9 Å². The molecular weight excluding hydrogens is 186 g/mol. The van der Waals surface area contributed by atoms with E-state index in [1.807, 2.05) is 11.4 Å². The number of rotatable bonds is 1. The molecule has 0 atom stereocenters. The van der Waals surface area contributed by atoms with E-state index in [1.54, 1.807) is 12.1 Å². The largest absolute Gasteiger partial charge is 0.465 e. The number of methoxy groups -OCH3 is 1. The zero-order valence-corrected chi connectivity index (χ0v) is 7.80. The summed E-state index contributed by atoms with van der Waals surface area (Å²) in [6, 6.07) is 5.32. The lowest BCUT2D eigenvalue weighted by Crippen LogP contribution is -2.00. The molecule has 0 N–H and O–H groups in total. The van der Waals surface area contributed by atoms with Gasteiger partial charge in [0.15, 0.2) is 0 Å². The van der Waals surface area contributed by atoms with E-state index in [4.69, 9.17) is 0 Å². The number of fused-ring (bicyclic) bond motifs is 1. The summed E-state index contributed by atoms with van der Waals surface area (Å²) in [6.07, 6.45) is 0. The van der Waals surface area contributed by atoms with E-state index in [1.165, 1.54) is 18.6 Å². The van der Waals surface area contributed by atoms with Gasteiger partial charge in [-0.05, 0) is 29.7 Å². The average molecular weight is 193 g/mol. The Bertz CT molecular complexity index is 450. The van der Waals surface area contributed by atoms with Gasteiger partial charge in [0.25, 0.3) is 0 Å². The first-order valence-corrected chi connectivity index (χ1v) is 4.57. The molecule has 0 aliphatic rings. The topological polar surface area (TPSA) is 39.2 Å². The Morgan fingerprint density at radius 2 is 2.38 bits per heavy atom. The zero-order chi connectivity index (χ0) is 9.26. The summed E-state index contributed by atoms with van der Waals surface area (Å²) in [5, 5.41) is 2.88. The van der Waals surface area contributed by atoms with Gasteiger partial charge in [-0.15, -0.1) is 0 Å². The van der Waals surface area contributed by atoms with Gasteiger partial charge >= 0.3 is 5.97 Å². The average Bonchev–Trinajstić information content (AvgIpc) is 2.63. The third-order valence-corrected chi connectivity index (χ3v) is 2.44. The first-order chi connectivity index (χ1) is 6.31. The van der Waals surface area contributed by atoms with Crippen LogP contribution in [-0.2, 0) is 4.74 Å². The summed E-state index contributed by atoms with van der Waals surface area (Å²) >= 11 is 1.38. The van der Waals surface area contributed by atoms with Crippen LogP contribution in [0.1, 0.15) is 10.4 Å². The Hall–Kier alpha value is -1.42. The van der Waals surface area contributed by atoms with Gasteiger partial charge < -0.3 is 4.74 Å². The van der Waals surface area contributed by atoms with E-state index in [0.29, 0.717) is 5.56 Å². The highest BCUT2D eigenvalue weighted by Crippen LogP contribution is 2.17. The Kier molecular flexibility index (Phi) is 1.98. The molecule has 2 rings (SSSR count). The van der Waals surface area contributed by atoms with Crippen LogP contribution >= 0.6 is 11.5 Å². The lowest BCUT2D eigenvalue weighted by atomic mass is 10.2. The standard InChI is InChI=1S/C9H7NO2S/c1-12-9(11)6-2-3-8-7(4-6)5-13-10-8/h2-5H,1H3. The molecule has 0 aliphatic heterocycles. The van der Waals surface area contributed by atoms with Crippen molar-refractivity contribution >= 4 is 28.4 Å². The highest BCUT2D eigenvalue weighted by molar-refractivity contribution is 7.04. The fourth-order valence-electron chi connectivity index (χ4n) is 1.12. The molecule has 0 fully saturated rings. The SMILES string of the molecule is COC(=O)c1ccc2nscc2c1. The van der Waals surface area contributed by atoms with Crippen LogP contribution in [0.4, 0.5) is 0 Å². The van der Waals surface area contributed by atoms with E-state index in [9.17, 15) is 4.79 Å². The highest BCUT2D eigenvalue weighted by atomic mass is 32.1. The molecule has 66 valence electrons. The maximum atomic E-state index is 11.1. The van der Waals surface area contributed by atoms with Gasteiger partial charge in [0.05, 0.1) is 18.2 Å². The third kappa shape index (κ3) is 1.40. The van der Waals surface area contributed by atoms with Crippen LogP contribution in [0.5, 0.6) is 0 Å². The minimum absolute atomic E-state index is 0.312. The van der Waals surface area contributed by atoms with Gasteiger partial charge in [-0.25, -0.2) is 4.79 Å². The fraction of sp³-hybridized carbons (Fsp3) is 0.111. The number of carbonyl (C=O) groups is 1. The minimum Gasteiger partial charge on any atom is -0.465 e. The summed E-state index contributed by atoms with van der Waals surface area (Å²) in [7, 11) is 1.37. The molecule has 0 saturated heterocycles. The smallest absolute Gasteiger partial charge is 0.337 e. The first-order valence-electron chi connectivity index (χ1n) is 3.74. The Morgan fingerprint density at radius 3 is 3.15 bits per heavy atom. The molecule has 4 heteroatoms. The summed E-state index contributed by atoms with van der Waals surface area (Å²) in [5.41, 5.74) is 1.48. The van der Waals surface area contributed by atoms with Crippen molar-refractivity contribution in [3.8, 4) is 0 Å². The van der Waals surface area contributed by atoms with Crippen LogP contribution in [0.2, 0.25) is 0 Å². The lowest BCUT2D eigenvalue weighted by Gasteiger charge is -1.97. The van der Waals surface area contributed by atoms with Gasteiger partial charge in [0.2, 0.25) is 0 Å². The van der Waals surface area contributed by atoms with E-state index in [2.05, 4.69) is 9.11 Å². The van der Waals surface area contributed by atoms with Crippen LogP contribution in [-0.4, -0.2) is 17.5 Å². The fourth-order valence-corrected chi connectivity index (χ4v) is 1.75. The quantitative estimate of drug-likeness (QED) is 0.651. The van der Waals surface area contributed by atoms with Crippen molar-refractivity contribution in [1.82, 2.24) is 4.37 Å². The van der Waals surface area contributed by atoms with Crippen LogP contribution in [0.15, 0.2) is 23.6 Å². The molecule has 0 unspecified atom stereocenters. The van der Waals surface area contributed by atoms with Gasteiger partial charge in [0, 0.05) is 10.8 Å². The maximum absolute atomic E-state index is 11.1. The maximum Gasteiger partial charge on any atom is 0.337 e. The van der Waals surface area contributed by atoms with Crippen LogP contribution in [0, 0.1) is 0 Å². The monoisotopic (exact) mass is 193 g/mol. The highest BCUT2D eigenvalue weighted by Gasteiger charge is 2.06. The molecule has 3 nitrogen and oxygen atoms in total. The number of hydrogen-bond donors (Lipinski definition) is 0. The molecule has 1 aromatic carbocycles. The number of benzene rings is 1. The van der Waals surface area contributed by atoms with Crippen molar-refractivity contribution < 1.29 is 9.53 Å². The van der Waals surface area contributed by atoms with Crippen molar-refractivity contribution in [3.05, 3.63) is 29.1 Å². The van der Waals surface area contributed by atoms with Gasteiger partial charge in [-0.1, -0.05) is 0 Å². The van der Waals surface area contributed by atoms with Crippen molar-refractivity contribution in [2.45, 2.75) is 0 Å². The van der Waals surface area contributed by atoms with Gasteiger partial charge in [0.1, 0.15) is 0 Å². The Balaban J connectivity index is 2.54. The molecule has 0 spiro atoms. The molecule has 2 aromatic rings. The van der Waals surface area contributed by atoms with Crippen LogP contribution in [0.3, 0.4) is 0 Å². The molecule has 0 amide bonds. The number of hydrogen-bond acceptors (Lipinski definition) is 4. The molecule has 0 aliphatic carbocycles. The number of carbonyl (C=O) groups excluding carboxylic acids is 1. The summed E-state index contributed by atoms with van der Waals surface area (Å²) in [4.78, 5) is 11.1. The van der Waals surface area contributed by atoms with Crippen molar-refractivity contribution in [3.63, 3.8) is 0 Å². The molecule has 1 aromatic heterocycles. The van der Waals surface area contributed by atoms with Crippen molar-refractivity contribution in [1.29, 1.82) is 0 Å². The summed E-state index contributed by atoms with van der Waals surface area (Å²) in [6.45, 7) is 0. The third-order valence-electron chi connectivity index (χ3n) is 1.78. The van der Waals surface area contributed by atoms with Crippen molar-refractivity contribution in [2.75, 3.05) is 7.11 Å². The zero-order valence-electron chi connectivity index (χ0n) is 6.98. The molecule has 13 heavy (non-hydrogen) atoms. The van der Waals surface area contributed by atoms with Crippen molar-refractivity contribution in [2.24, 2.45) is 0 Å². The second-order valence-electron chi connectivity index (χ2n) is 2.58. The lowest BCUT2D eigenvalue weighted by molar-refractivity contribution is 0.0601. The predicted octanol–water partition coefficient (Wildman–Crippen LogP) is 2.08. The Labute approximate surface area is 79.1 Å². The van der Waals surface area contributed by atoms with E-state index in [0.717, 1.165) is 10.9 Å². The summed E-state index contributed by atoms with van der Waals surface area (Å²) < 4.78 is 8.74. The molecule has 1 heterocycles. The predicted molar refractivity (Wildman–Crippen MR) is 51.0 cm³/mol. The van der Waals surface area contributed by atoms with Gasteiger partial charge in [-0.2, -0.15) is 4.37 Å². The number of ether oxygens (including phenoxy) is 1. The van der Waals surface area contributed by atoms with Gasteiger partial charge in [-0.3, -0.25) is 0 Å². The van der Waals surface area contributed by atoms with E-state index < -0.39 is 0 Å². The molecule has 0 saturated carbocycles.